The molecule has 7 nitrogen and oxygen atoms in total. The van der Waals surface area contributed by atoms with Gasteiger partial charge >= 0.3 is 0 Å². The predicted octanol–water partition coefficient (Wildman–Crippen LogP) is 2.35. The van der Waals surface area contributed by atoms with Gasteiger partial charge in [0.2, 0.25) is 5.96 Å². The minimum atomic E-state index is -0.0744. The molecular formula is C17H28N6OS. The van der Waals surface area contributed by atoms with Gasteiger partial charge in [-0.25, -0.2) is 4.98 Å². The van der Waals surface area contributed by atoms with Crippen LogP contribution in [0.4, 0.5) is 0 Å². The summed E-state index contributed by atoms with van der Waals surface area (Å²) in [4.78, 5) is 24.1. The molecule has 0 saturated carbocycles. The van der Waals surface area contributed by atoms with Crippen molar-refractivity contribution in [2.75, 3.05) is 12.3 Å². The summed E-state index contributed by atoms with van der Waals surface area (Å²) in [5.41, 5.74) is 9.77. The molecule has 0 amide bonds. The Morgan fingerprint density at radius 2 is 2.16 bits per heavy atom. The lowest BCUT2D eigenvalue weighted by molar-refractivity contribution is 0.713. The van der Waals surface area contributed by atoms with Crippen LogP contribution in [0.25, 0.3) is 0 Å². The van der Waals surface area contributed by atoms with Crippen LogP contribution in [0.1, 0.15) is 48.8 Å². The zero-order valence-corrected chi connectivity index (χ0v) is 16.1. The van der Waals surface area contributed by atoms with Crippen LogP contribution in [-0.2, 0) is 12.2 Å². The molecule has 25 heavy (non-hydrogen) atoms. The molecule has 2 aromatic heterocycles. The minimum Gasteiger partial charge on any atom is -0.368 e. The Kier molecular flexibility index (Phi) is 7.36. The van der Waals surface area contributed by atoms with E-state index in [-0.39, 0.29) is 11.5 Å². The first-order chi connectivity index (χ1) is 12.0. The van der Waals surface area contributed by atoms with E-state index < -0.39 is 0 Å². The quantitative estimate of drug-likeness (QED) is 0.361. The highest BCUT2D eigenvalue weighted by atomic mass is 32.2. The summed E-state index contributed by atoms with van der Waals surface area (Å²) in [6.07, 6.45) is 5.77. The fourth-order valence-electron chi connectivity index (χ4n) is 2.59. The zero-order valence-electron chi connectivity index (χ0n) is 15.3. The topological polar surface area (TPSA) is 105 Å². The maximum Gasteiger partial charge on any atom is 0.277 e. The number of aromatic amines is 2. The molecule has 0 fully saturated rings. The Balaban J connectivity index is 1.88. The third kappa shape index (κ3) is 5.26. The van der Waals surface area contributed by atoms with Crippen LogP contribution in [0.3, 0.4) is 0 Å². The van der Waals surface area contributed by atoms with Crippen molar-refractivity contribution in [2.24, 2.45) is 10.7 Å². The van der Waals surface area contributed by atoms with Gasteiger partial charge in [0, 0.05) is 28.5 Å². The fraction of sp³-hybridized carbons (Fsp3) is 0.588. The Bertz CT molecular complexity index is 758. The lowest BCUT2D eigenvalue weighted by Gasteiger charge is -2.01. The van der Waals surface area contributed by atoms with Gasteiger partial charge in [-0.15, -0.1) is 0 Å². The van der Waals surface area contributed by atoms with Gasteiger partial charge in [-0.2, -0.15) is 16.4 Å². The van der Waals surface area contributed by atoms with Gasteiger partial charge in [0.05, 0.1) is 18.6 Å². The summed E-state index contributed by atoms with van der Waals surface area (Å²) < 4.78 is 1.36. The van der Waals surface area contributed by atoms with E-state index in [0.717, 1.165) is 59.8 Å². The second-order valence-corrected chi connectivity index (χ2v) is 7.18. The lowest BCUT2D eigenvalue weighted by atomic mass is 10.1. The maximum absolute atomic E-state index is 12.5. The van der Waals surface area contributed by atoms with Crippen molar-refractivity contribution in [2.45, 2.75) is 52.2 Å². The van der Waals surface area contributed by atoms with E-state index in [4.69, 9.17) is 5.73 Å². The van der Waals surface area contributed by atoms with Gasteiger partial charge in [-0.05, 0) is 26.7 Å². The van der Waals surface area contributed by atoms with Gasteiger partial charge in [-0.1, -0.05) is 19.8 Å². The SMILES string of the molecule is CCCCCc1c(C)[nH]n(C(N)=NCCSCc2nc[nH]c2C)c1=O. The zero-order chi connectivity index (χ0) is 18.2. The summed E-state index contributed by atoms with van der Waals surface area (Å²) >= 11 is 1.75. The van der Waals surface area contributed by atoms with Gasteiger partial charge in [0.25, 0.3) is 5.56 Å². The molecule has 0 aliphatic rings. The van der Waals surface area contributed by atoms with E-state index in [2.05, 4.69) is 27.0 Å². The Labute approximate surface area is 152 Å². The number of nitrogens with two attached hydrogens (primary N) is 1. The number of thioether (sulfide) groups is 1. The van der Waals surface area contributed by atoms with Crippen molar-refractivity contribution in [1.29, 1.82) is 0 Å². The highest BCUT2D eigenvalue weighted by Crippen LogP contribution is 2.12. The first-order valence-electron chi connectivity index (χ1n) is 8.72. The van der Waals surface area contributed by atoms with Crippen LogP contribution in [0, 0.1) is 13.8 Å². The van der Waals surface area contributed by atoms with E-state index >= 15 is 0 Å². The average molecular weight is 365 g/mol. The molecule has 2 rings (SSSR count). The molecule has 0 aliphatic carbocycles. The molecule has 8 heteroatoms. The Morgan fingerprint density at radius 1 is 1.36 bits per heavy atom. The smallest absolute Gasteiger partial charge is 0.277 e. The van der Waals surface area contributed by atoms with E-state index in [9.17, 15) is 4.79 Å². The van der Waals surface area contributed by atoms with Crippen molar-refractivity contribution >= 4 is 17.7 Å². The van der Waals surface area contributed by atoms with Crippen molar-refractivity contribution < 1.29 is 0 Å². The molecule has 0 spiro atoms. The number of aliphatic imine (C=N–C) groups is 1. The molecule has 0 atom stereocenters. The number of aromatic nitrogens is 4. The van der Waals surface area contributed by atoms with Gasteiger partial charge < -0.3 is 10.7 Å². The third-order valence-electron chi connectivity index (χ3n) is 4.14. The first-order valence-corrected chi connectivity index (χ1v) is 9.87. The highest BCUT2D eigenvalue weighted by Gasteiger charge is 2.12. The van der Waals surface area contributed by atoms with Crippen LogP contribution in [-0.4, -0.2) is 38.0 Å². The van der Waals surface area contributed by atoms with E-state index in [1.54, 1.807) is 18.1 Å². The largest absolute Gasteiger partial charge is 0.368 e. The van der Waals surface area contributed by atoms with Crippen LogP contribution in [0.5, 0.6) is 0 Å². The minimum absolute atomic E-state index is 0.0744. The molecule has 4 N–H and O–H groups in total. The summed E-state index contributed by atoms with van der Waals surface area (Å²) in [5, 5.41) is 3.04. The highest BCUT2D eigenvalue weighted by molar-refractivity contribution is 7.98. The van der Waals surface area contributed by atoms with Crippen LogP contribution in [0.2, 0.25) is 0 Å². The van der Waals surface area contributed by atoms with Crippen LogP contribution >= 0.6 is 11.8 Å². The van der Waals surface area contributed by atoms with Crippen molar-refractivity contribution in [3.63, 3.8) is 0 Å². The number of H-pyrrole nitrogens is 2. The van der Waals surface area contributed by atoms with Crippen LogP contribution < -0.4 is 11.3 Å². The number of aryl methyl sites for hydroxylation is 2. The summed E-state index contributed by atoms with van der Waals surface area (Å²) in [7, 11) is 0. The lowest BCUT2D eigenvalue weighted by Crippen LogP contribution is -2.33. The summed E-state index contributed by atoms with van der Waals surface area (Å²) in [6.45, 7) is 6.64. The first kappa shape index (κ1) is 19.4. The number of nitrogens with one attached hydrogen (secondary N) is 2. The second-order valence-electron chi connectivity index (χ2n) is 6.08. The molecule has 0 radical (unpaired) electrons. The van der Waals surface area contributed by atoms with E-state index in [0.29, 0.717) is 6.54 Å². The molecule has 2 aromatic rings. The number of imidazole rings is 1. The molecule has 0 bridgehead atoms. The van der Waals surface area contributed by atoms with E-state index in [1.165, 1.54) is 4.68 Å². The van der Waals surface area contributed by atoms with E-state index in [1.807, 2.05) is 13.8 Å². The average Bonchev–Trinajstić information content (AvgIpc) is 3.12. The van der Waals surface area contributed by atoms with Gasteiger partial charge in [0.15, 0.2) is 0 Å². The van der Waals surface area contributed by atoms with Crippen molar-refractivity contribution in [3.05, 3.63) is 39.3 Å². The summed E-state index contributed by atoms with van der Waals surface area (Å²) in [5.74, 6) is 1.89. The monoisotopic (exact) mass is 364 g/mol. The van der Waals surface area contributed by atoms with Crippen molar-refractivity contribution in [1.82, 2.24) is 19.7 Å². The molecule has 0 aromatic carbocycles. The molecule has 0 saturated heterocycles. The second kappa shape index (κ2) is 9.50. The van der Waals surface area contributed by atoms with Gasteiger partial charge in [-0.3, -0.25) is 14.9 Å². The van der Waals surface area contributed by atoms with Crippen molar-refractivity contribution in [3.8, 4) is 0 Å². The molecular weight excluding hydrogens is 336 g/mol. The molecule has 138 valence electrons. The number of unbranched alkanes of at least 4 members (excludes halogenated alkanes) is 2. The molecule has 2 heterocycles. The fourth-order valence-corrected chi connectivity index (χ4v) is 3.43. The number of hydrogen-bond acceptors (Lipinski definition) is 4. The number of hydrogen-bond donors (Lipinski definition) is 3. The third-order valence-corrected chi connectivity index (χ3v) is 5.08. The predicted molar refractivity (Wildman–Crippen MR) is 104 cm³/mol. The standard InChI is InChI=1S/C17H28N6OS/c1-4-5-6-7-14-12(2)22-23(16(14)24)17(18)19-8-9-25-10-15-13(3)20-11-21-15/h11,22H,4-10H2,1-3H3,(H2,18,19)(H,20,21). The maximum atomic E-state index is 12.5. The summed E-state index contributed by atoms with van der Waals surface area (Å²) in [6, 6.07) is 0. The normalized spacial score (nSPS) is 12.0. The van der Waals surface area contributed by atoms with Crippen LogP contribution in [0.15, 0.2) is 16.1 Å². The number of nitrogens with zero attached hydrogens (tertiary/aromatic N) is 3. The Hall–Kier alpha value is -1.96. The van der Waals surface area contributed by atoms with Gasteiger partial charge in [0.1, 0.15) is 0 Å². The Morgan fingerprint density at radius 3 is 2.84 bits per heavy atom. The molecule has 0 aliphatic heterocycles. The molecule has 0 unspecified atom stereocenters. The number of rotatable bonds is 9.